The Kier molecular flexibility index (Phi) is 8.90. The number of ether oxygens (including phenoxy) is 3. The summed E-state index contributed by atoms with van der Waals surface area (Å²) in [5, 5.41) is 0. The summed E-state index contributed by atoms with van der Waals surface area (Å²) in [6.45, 7) is 8.65. The maximum atomic E-state index is 12.4. The lowest BCUT2D eigenvalue weighted by atomic mass is 10.2. The molecule has 132 valence electrons. The number of rotatable bonds is 8. The summed E-state index contributed by atoms with van der Waals surface area (Å²) >= 11 is 0. The first-order valence-electron chi connectivity index (χ1n) is 7.33. The Morgan fingerprint density at radius 3 is 1.39 bits per heavy atom. The van der Waals surface area contributed by atoms with Crippen LogP contribution in [0.5, 0.6) is 0 Å². The molecule has 0 fully saturated rings. The van der Waals surface area contributed by atoms with E-state index in [-0.39, 0.29) is 13.1 Å². The molecule has 0 aliphatic heterocycles. The summed E-state index contributed by atoms with van der Waals surface area (Å²) in [5.74, 6) is -1.97. The molecule has 0 heterocycles. The number of amides is 1. The largest absolute Gasteiger partial charge is 0.461 e. The van der Waals surface area contributed by atoms with Crippen molar-refractivity contribution < 1.29 is 33.4 Å². The lowest BCUT2D eigenvalue weighted by Crippen LogP contribution is -2.47. The molecule has 8 nitrogen and oxygen atoms in total. The first kappa shape index (κ1) is 20.9. The summed E-state index contributed by atoms with van der Waals surface area (Å²) in [4.78, 5) is 46.7. The van der Waals surface area contributed by atoms with Crippen molar-refractivity contribution in [2.45, 2.75) is 59.9 Å². The second-order valence-electron chi connectivity index (χ2n) is 5.33. The van der Waals surface area contributed by atoms with Gasteiger partial charge in [0.05, 0.1) is 13.1 Å². The Morgan fingerprint density at radius 2 is 1.09 bits per heavy atom. The highest BCUT2D eigenvalue weighted by atomic mass is 16.6. The van der Waals surface area contributed by atoms with Crippen LogP contribution in [0.2, 0.25) is 0 Å². The van der Waals surface area contributed by atoms with E-state index >= 15 is 0 Å². The lowest BCUT2D eigenvalue weighted by molar-refractivity contribution is -0.161. The standard InChI is InChI=1S/C15H25NO7/c1-9(21-12(4)17)7-16(8-10(2)22-13(5)18)15(20)11(3)23-14(6)19/h9-11H,7-8H2,1-6H3. The molecule has 0 aliphatic rings. The van der Waals surface area contributed by atoms with Gasteiger partial charge < -0.3 is 19.1 Å². The van der Waals surface area contributed by atoms with Crippen LogP contribution < -0.4 is 0 Å². The minimum atomic E-state index is -0.985. The fourth-order valence-corrected chi connectivity index (χ4v) is 2.07. The van der Waals surface area contributed by atoms with Crippen LogP contribution in [0, 0.1) is 0 Å². The van der Waals surface area contributed by atoms with Crippen LogP contribution in [0.1, 0.15) is 41.5 Å². The normalized spacial score (nSPS) is 14.2. The molecular weight excluding hydrogens is 306 g/mol. The molecule has 1 amide bonds. The van der Waals surface area contributed by atoms with Crippen LogP contribution in [0.25, 0.3) is 0 Å². The topological polar surface area (TPSA) is 99.2 Å². The SMILES string of the molecule is CC(=O)OC(C)CN(CC(C)OC(C)=O)C(=O)C(C)OC(C)=O. The van der Waals surface area contributed by atoms with Crippen molar-refractivity contribution in [3.63, 3.8) is 0 Å². The van der Waals surface area contributed by atoms with Gasteiger partial charge in [0, 0.05) is 20.8 Å². The summed E-state index contributed by atoms with van der Waals surface area (Å²) in [7, 11) is 0. The third-order valence-corrected chi connectivity index (χ3v) is 2.69. The molecule has 0 aromatic heterocycles. The van der Waals surface area contributed by atoms with Crippen LogP contribution in [0.3, 0.4) is 0 Å². The van der Waals surface area contributed by atoms with Gasteiger partial charge in [-0.15, -0.1) is 0 Å². The van der Waals surface area contributed by atoms with Gasteiger partial charge in [0.25, 0.3) is 5.91 Å². The average molecular weight is 331 g/mol. The monoisotopic (exact) mass is 331 g/mol. The van der Waals surface area contributed by atoms with Gasteiger partial charge in [-0.05, 0) is 20.8 Å². The van der Waals surface area contributed by atoms with Crippen molar-refractivity contribution in [3.05, 3.63) is 0 Å². The molecule has 0 rings (SSSR count). The zero-order valence-corrected chi connectivity index (χ0v) is 14.5. The molecule has 0 saturated carbocycles. The fraction of sp³-hybridized carbons (Fsp3) is 0.733. The van der Waals surface area contributed by atoms with Gasteiger partial charge in [-0.2, -0.15) is 0 Å². The Hall–Kier alpha value is -2.12. The van der Waals surface area contributed by atoms with Crippen molar-refractivity contribution in [2.24, 2.45) is 0 Å². The van der Waals surface area contributed by atoms with Crippen molar-refractivity contribution in [1.82, 2.24) is 4.90 Å². The third kappa shape index (κ3) is 9.49. The van der Waals surface area contributed by atoms with Crippen molar-refractivity contribution >= 4 is 23.8 Å². The Bertz CT molecular complexity index is 425. The van der Waals surface area contributed by atoms with E-state index in [4.69, 9.17) is 14.2 Å². The highest BCUT2D eigenvalue weighted by molar-refractivity contribution is 5.83. The minimum absolute atomic E-state index is 0.0929. The van der Waals surface area contributed by atoms with E-state index in [2.05, 4.69) is 0 Å². The van der Waals surface area contributed by atoms with E-state index < -0.39 is 42.1 Å². The molecule has 0 aliphatic carbocycles. The number of esters is 3. The molecule has 23 heavy (non-hydrogen) atoms. The number of nitrogens with zero attached hydrogens (tertiary/aromatic N) is 1. The maximum absolute atomic E-state index is 12.4. The first-order valence-corrected chi connectivity index (χ1v) is 7.33. The van der Waals surface area contributed by atoms with Crippen LogP contribution >= 0.6 is 0 Å². The zero-order valence-electron chi connectivity index (χ0n) is 14.5. The summed E-state index contributed by atoms with van der Waals surface area (Å²) in [6.07, 6.45) is -2.09. The van der Waals surface area contributed by atoms with Crippen LogP contribution in [-0.2, 0) is 33.4 Å². The number of carbonyl (C=O) groups excluding carboxylic acids is 4. The van der Waals surface area contributed by atoms with E-state index in [9.17, 15) is 19.2 Å². The molecule has 0 N–H and O–H groups in total. The Morgan fingerprint density at radius 1 is 0.739 bits per heavy atom. The molecule has 0 aromatic carbocycles. The predicted octanol–water partition coefficient (Wildman–Crippen LogP) is 0.670. The molecule has 0 spiro atoms. The third-order valence-electron chi connectivity index (χ3n) is 2.69. The van der Waals surface area contributed by atoms with E-state index in [1.54, 1.807) is 13.8 Å². The van der Waals surface area contributed by atoms with Gasteiger partial charge in [-0.25, -0.2) is 0 Å². The van der Waals surface area contributed by atoms with Crippen LogP contribution in [0.15, 0.2) is 0 Å². The molecule has 0 saturated heterocycles. The van der Waals surface area contributed by atoms with Gasteiger partial charge in [0.1, 0.15) is 12.2 Å². The highest BCUT2D eigenvalue weighted by Gasteiger charge is 2.27. The van der Waals surface area contributed by atoms with Crippen LogP contribution in [-0.4, -0.2) is 60.1 Å². The molecule has 0 radical (unpaired) electrons. The van der Waals surface area contributed by atoms with E-state index in [1.807, 2.05) is 0 Å². The average Bonchev–Trinajstić information content (AvgIpc) is 2.33. The van der Waals surface area contributed by atoms with E-state index in [0.29, 0.717) is 0 Å². The van der Waals surface area contributed by atoms with E-state index in [1.165, 1.54) is 32.6 Å². The minimum Gasteiger partial charge on any atom is -0.461 e. The summed E-state index contributed by atoms with van der Waals surface area (Å²) in [5.41, 5.74) is 0. The molecule has 0 aromatic rings. The number of carbonyl (C=O) groups is 4. The Labute approximate surface area is 136 Å². The first-order chi connectivity index (χ1) is 10.5. The summed E-state index contributed by atoms with van der Waals surface area (Å²) in [6, 6.07) is 0. The summed E-state index contributed by atoms with van der Waals surface area (Å²) < 4.78 is 14.9. The Balaban J connectivity index is 4.96. The molecule has 3 unspecified atom stereocenters. The van der Waals surface area contributed by atoms with Gasteiger partial charge in [-0.1, -0.05) is 0 Å². The quantitative estimate of drug-likeness (QED) is 0.476. The molecule has 0 bridgehead atoms. The van der Waals surface area contributed by atoms with Gasteiger partial charge in [0.15, 0.2) is 6.10 Å². The van der Waals surface area contributed by atoms with Crippen LogP contribution in [0.4, 0.5) is 0 Å². The van der Waals surface area contributed by atoms with Crippen molar-refractivity contribution in [2.75, 3.05) is 13.1 Å². The van der Waals surface area contributed by atoms with Crippen molar-refractivity contribution in [1.29, 1.82) is 0 Å². The highest BCUT2D eigenvalue weighted by Crippen LogP contribution is 2.07. The fourth-order valence-electron chi connectivity index (χ4n) is 2.07. The smallest absolute Gasteiger partial charge is 0.303 e. The number of hydrogen-bond acceptors (Lipinski definition) is 7. The second kappa shape index (κ2) is 9.81. The molecular formula is C15H25NO7. The predicted molar refractivity (Wildman–Crippen MR) is 80.3 cm³/mol. The van der Waals surface area contributed by atoms with Crippen molar-refractivity contribution in [3.8, 4) is 0 Å². The van der Waals surface area contributed by atoms with E-state index in [0.717, 1.165) is 0 Å². The lowest BCUT2D eigenvalue weighted by Gasteiger charge is -2.29. The second-order valence-corrected chi connectivity index (χ2v) is 5.33. The van der Waals surface area contributed by atoms with Gasteiger partial charge >= 0.3 is 17.9 Å². The number of hydrogen-bond donors (Lipinski definition) is 0. The van der Waals surface area contributed by atoms with Gasteiger partial charge in [0.2, 0.25) is 0 Å². The molecule has 8 heteroatoms. The molecule has 3 atom stereocenters. The maximum Gasteiger partial charge on any atom is 0.303 e. The van der Waals surface area contributed by atoms with Gasteiger partial charge in [-0.3, -0.25) is 19.2 Å². The zero-order chi connectivity index (χ0) is 18.2.